The van der Waals surface area contributed by atoms with Crippen LogP contribution < -0.4 is 5.43 Å². The number of aromatic amines is 1. The van der Waals surface area contributed by atoms with Crippen LogP contribution in [0.25, 0.3) is 0 Å². The normalized spacial score (nSPS) is 18.6. The summed E-state index contributed by atoms with van der Waals surface area (Å²) in [6.45, 7) is 3.69. The second-order valence-corrected chi connectivity index (χ2v) is 4.88. The molecule has 1 aromatic rings. The average Bonchev–Trinajstić information content (AvgIpc) is 2.68. The molecule has 1 aliphatic rings. The zero-order valence-corrected chi connectivity index (χ0v) is 10.7. The number of aromatic nitrogens is 1. The zero-order valence-electron chi connectivity index (χ0n) is 9.16. The van der Waals surface area contributed by atoms with Crippen molar-refractivity contribution in [3.63, 3.8) is 0 Å². The average molecular weight is 287 g/mol. The molecule has 0 atom stereocenters. The van der Waals surface area contributed by atoms with Gasteiger partial charge in [0.15, 0.2) is 0 Å². The lowest BCUT2D eigenvalue weighted by molar-refractivity contribution is 0.0658. The maximum atomic E-state index is 11.8. The van der Waals surface area contributed by atoms with Crippen molar-refractivity contribution < 1.29 is 4.79 Å². The van der Waals surface area contributed by atoms with Crippen molar-refractivity contribution in [2.75, 3.05) is 33.2 Å². The third-order valence-corrected chi connectivity index (χ3v) is 3.11. The fourth-order valence-electron chi connectivity index (χ4n) is 1.62. The van der Waals surface area contributed by atoms with E-state index in [1.54, 1.807) is 12.3 Å². The molecule has 88 valence electrons. The van der Waals surface area contributed by atoms with Crippen LogP contribution in [0, 0.1) is 0 Å². The SMILES string of the molecule is CN1CCN(NC(=O)c2cc(Br)c[nH]2)CC1. The minimum Gasteiger partial charge on any atom is -0.356 e. The molecule has 0 unspecified atom stereocenters. The highest BCUT2D eigenvalue weighted by atomic mass is 79.9. The quantitative estimate of drug-likeness (QED) is 0.840. The molecule has 0 aliphatic carbocycles. The lowest BCUT2D eigenvalue weighted by Crippen LogP contribution is -2.52. The molecule has 1 saturated heterocycles. The van der Waals surface area contributed by atoms with Crippen molar-refractivity contribution in [2.45, 2.75) is 0 Å². The summed E-state index contributed by atoms with van der Waals surface area (Å²) in [6, 6.07) is 1.77. The number of hydrogen-bond acceptors (Lipinski definition) is 3. The van der Waals surface area contributed by atoms with Crippen LogP contribution in [-0.4, -0.2) is 54.0 Å². The van der Waals surface area contributed by atoms with Gasteiger partial charge in [0.2, 0.25) is 0 Å². The first-order valence-corrected chi connectivity index (χ1v) is 6.03. The Morgan fingerprint density at radius 1 is 1.44 bits per heavy atom. The van der Waals surface area contributed by atoms with Crippen molar-refractivity contribution in [3.8, 4) is 0 Å². The number of H-pyrrole nitrogens is 1. The fraction of sp³-hybridized carbons (Fsp3) is 0.500. The molecule has 0 spiro atoms. The Morgan fingerprint density at radius 2 is 2.12 bits per heavy atom. The molecule has 0 aromatic carbocycles. The summed E-state index contributed by atoms with van der Waals surface area (Å²) in [4.78, 5) is 16.9. The minimum absolute atomic E-state index is 0.0877. The minimum atomic E-state index is -0.0877. The van der Waals surface area contributed by atoms with Gasteiger partial charge in [-0.3, -0.25) is 10.2 Å². The smallest absolute Gasteiger partial charge is 0.282 e. The number of nitrogens with one attached hydrogen (secondary N) is 2. The van der Waals surface area contributed by atoms with E-state index in [4.69, 9.17) is 0 Å². The van der Waals surface area contributed by atoms with Crippen LogP contribution in [-0.2, 0) is 0 Å². The molecule has 2 N–H and O–H groups in total. The first-order chi connectivity index (χ1) is 7.65. The molecule has 1 aliphatic heterocycles. The van der Waals surface area contributed by atoms with E-state index >= 15 is 0 Å². The predicted octanol–water partition coefficient (Wildman–Crippen LogP) is 0.669. The van der Waals surface area contributed by atoms with E-state index in [0.717, 1.165) is 30.7 Å². The van der Waals surface area contributed by atoms with Gasteiger partial charge < -0.3 is 9.88 Å². The number of piperazine rings is 1. The highest BCUT2D eigenvalue weighted by Crippen LogP contribution is 2.10. The molecule has 2 rings (SSSR count). The molecule has 1 aromatic heterocycles. The largest absolute Gasteiger partial charge is 0.356 e. The van der Waals surface area contributed by atoms with E-state index in [2.05, 4.69) is 38.3 Å². The lowest BCUT2D eigenvalue weighted by atomic mass is 10.4. The number of carbonyl (C=O) groups is 1. The zero-order chi connectivity index (χ0) is 11.5. The second-order valence-electron chi connectivity index (χ2n) is 3.96. The van der Waals surface area contributed by atoms with E-state index in [1.807, 2.05) is 5.01 Å². The number of carbonyl (C=O) groups excluding carboxylic acids is 1. The number of hydrazine groups is 1. The predicted molar refractivity (Wildman–Crippen MR) is 65.0 cm³/mol. The summed E-state index contributed by atoms with van der Waals surface area (Å²) in [5, 5.41) is 1.96. The molecule has 0 saturated carbocycles. The molecular weight excluding hydrogens is 272 g/mol. The standard InChI is InChI=1S/C10H15BrN4O/c1-14-2-4-15(5-3-14)13-10(16)9-6-8(11)7-12-9/h6-7,12H,2-5H2,1H3,(H,13,16). The fourth-order valence-corrected chi connectivity index (χ4v) is 1.96. The van der Waals surface area contributed by atoms with Crippen molar-refractivity contribution in [2.24, 2.45) is 0 Å². The summed E-state index contributed by atoms with van der Waals surface area (Å²) < 4.78 is 0.885. The Kier molecular flexibility index (Phi) is 3.63. The van der Waals surface area contributed by atoms with Crippen molar-refractivity contribution in [3.05, 3.63) is 22.4 Å². The van der Waals surface area contributed by atoms with Crippen LogP contribution in [0.5, 0.6) is 0 Å². The maximum absolute atomic E-state index is 11.8. The lowest BCUT2D eigenvalue weighted by Gasteiger charge is -2.32. The molecule has 0 radical (unpaired) electrons. The second kappa shape index (κ2) is 4.99. The molecule has 1 fully saturated rings. The van der Waals surface area contributed by atoms with E-state index in [0.29, 0.717) is 5.69 Å². The number of nitrogens with zero attached hydrogens (tertiary/aromatic N) is 2. The van der Waals surface area contributed by atoms with Gasteiger partial charge in [0, 0.05) is 36.8 Å². The van der Waals surface area contributed by atoms with Crippen LogP contribution in [0.4, 0.5) is 0 Å². The van der Waals surface area contributed by atoms with E-state index in [9.17, 15) is 4.79 Å². The summed E-state index contributed by atoms with van der Waals surface area (Å²) in [5.74, 6) is -0.0877. The Bertz CT molecular complexity index is 371. The first-order valence-electron chi connectivity index (χ1n) is 5.23. The van der Waals surface area contributed by atoms with Gasteiger partial charge in [-0.05, 0) is 29.0 Å². The molecule has 1 amide bonds. The monoisotopic (exact) mass is 286 g/mol. The van der Waals surface area contributed by atoms with Gasteiger partial charge in [-0.25, -0.2) is 5.01 Å². The number of amides is 1. The third-order valence-electron chi connectivity index (χ3n) is 2.66. The Morgan fingerprint density at radius 3 is 2.69 bits per heavy atom. The summed E-state index contributed by atoms with van der Waals surface area (Å²) in [5.41, 5.74) is 3.46. The Balaban J connectivity index is 1.88. The molecule has 5 nitrogen and oxygen atoms in total. The van der Waals surface area contributed by atoms with Gasteiger partial charge in [-0.1, -0.05) is 0 Å². The third kappa shape index (κ3) is 2.84. The van der Waals surface area contributed by atoms with Gasteiger partial charge in [0.25, 0.3) is 5.91 Å². The van der Waals surface area contributed by atoms with Crippen molar-refractivity contribution in [1.29, 1.82) is 0 Å². The number of hydrogen-bond donors (Lipinski definition) is 2. The van der Waals surface area contributed by atoms with E-state index in [-0.39, 0.29) is 5.91 Å². The summed E-state index contributed by atoms with van der Waals surface area (Å²) in [7, 11) is 2.08. The van der Waals surface area contributed by atoms with Crippen LogP contribution in [0.2, 0.25) is 0 Å². The van der Waals surface area contributed by atoms with Gasteiger partial charge in [-0.2, -0.15) is 0 Å². The summed E-state index contributed by atoms with van der Waals surface area (Å²) >= 11 is 3.30. The van der Waals surface area contributed by atoms with E-state index in [1.165, 1.54) is 0 Å². The van der Waals surface area contributed by atoms with E-state index < -0.39 is 0 Å². The van der Waals surface area contributed by atoms with Crippen LogP contribution in [0.1, 0.15) is 10.5 Å². The van der Waals surface area contributed by atoms with Gasteiger partial charge in [0.1, 0.15) is 5.69 Å². The number of likely N-dealkylation sites (N-methyl/N-ethyl adjacent to an activating group) is 1. The molecule has 6 heteroatoms. The highest BCUT2D eigenvalue weighted by molar-refractivity contribution is 9.10. The van der Waals surface area contributed by atoms with Crippen molar-refractivity contribution in [1.82, 2.24) is 20.3 Å². The Hall–Kier alpha value is -0.850. The number of rotatable bonds is 2. The molecule has 2 heterocycles. The van der Waals surface area contributed by atoms with Gasteiger partial charge >= 0.3 is 0 Å². The molecular formula is C10H15BrN4O. The van der Waals surface area contributed by atoms with Crippen LogP contribution >= 0.6 is 15.9 Å². The van der Waals surface area contributed by atoms with Gasteiger partial charge in [0.05, 0.1) is 0 Å². The van der Waals surface area contributed by atoms with Gasteiger partial charge in [-0.15, -0.1) is 0 Å². The maximum Gasteiger partial charge on any atom is 0.282 e. The number of halogens is 1. The first kappa shape index (κ1) is 11.6. The summed E-state index contributed by atoms with van der Waals surface area (Å²) in [6.07, 6.45) is 1.75. The topological polar surface area (TPSA) is 51.4 Å². The molecule has 16 heavy (non-hydrogen) atoms. The highest BCUT2D eigenvalue weighted by Gasteiger charge is 2.17. The van der Waals surface area contributed by atoms with Crippen LogP contribution in [0.3, 0.4) is 0 Å². The Labute approximate surface area is 103 Å². The molecule has 0 bridgehead atoms. The van der Waals surface area contributed by atoms with Crippen molar-refractivity contribution >= 4 is 21.8 Å². The van der Waals surface area contributed by atoms with Crippen LogP contribution in [0.15, 0.2) is 16.7 Å².